The van der Waals surface area contributed by atoms with Crippen molar-refractivity contribution in [1.82, 2.24) is 0 Å². The van der Waals surface area contributed by atoms with E-state index in [4.69, 9.17) is 114 Å². The van der Waals surface area contributed by atoms with Gasteiger partial charge in [0.2, 0.25) is 0 Å². The molecule has 5 fully saturated rings. The van der Waals surface area contributed by atoms with Crippen LogP contribution in [0.4, 0.5) is 0 Å². The van der Waals surface area contributed by atoms with Gasteiger partial charge in [0.25, 0.3) is 0 Å². The quantitative estimate of drug-likeness (QED) is 0.0251. The monoisotopic (exact) mass is 1650 g/mol. The number of hydrogen-bond acceptors (Lipinski definition) is 31. The molecular weight excluding hydrogens is 1520 g/mol. The second-order valence-corrected chi connectivity index (χ2v) is 33.3. The Morgan fingerprint density at radius 2 is 0.448 bits per heavy atom. The Labute approximate surface area is 685 Å². The zero-order chi connectivity index (χ0) is 86.5. The van der Waals surface area contributed by atoms with Gasteiger partial charge in [-0.3, -0.25) is 24.0 Å². The highest BCUT2D eigenvalue weighted by Gasteiger charge is 2.62. The fourth-order valence-corrected chi connectivity index (χ4v) is 12.1. The van der Waals surface area contributed by atoms with Gasteiger partial charge >= 0.3 is 29.8 Å². The first-order valence-electron chi connectivity index (χ1n) is 39.1. The van der Waals surface area contributed by atoms with Gasteiger partial charge in [-0.25, -0.2) is 0 Å². The van der Waals surface area contributed by atoms with Crippen molar-refractivity contribution in [1.29, 1.82) is 0 Å². The lowest BCUT2D eigenvalue weighted by Gasteiger charge is -2.52. The standard InChI is InChI=1S/C85H132O31/c1-26-36-93-46-51-56(86)61(98-41-31-6)67(113-77(89)82(14,15)16)72(104-51)109-58-53(48-95-38-28-3)106-74(69(63(58)100-43-33-8)115-79(91)84(20,21)22)111-60-55(50-97-40-30-5)107-75(70(65(60)102-45-35-10)116-80(92)85(23,24)25)110-59-54(49-96-39-29-4)105-73(68(64(59)101-44-34-9)114-78(90)83(17,18)19)108-57-52(47-94-37-27-2)103-71(87)66(62(57)99-42-32-7)112-76(88)81(11,12)13/h26-35,51-75,86-87H,1-10,36-50H2,11-25H3/t51-,52?,53-,54+,55?,56+,57-,58+,59-,60-,61-,62+,63-,64+,65+,66-,67+,68-,69+,70-,71+,72+,73-,74+,75-/m0/s1. The summed E-state index contributed by atoms with van der Waals surface area (Å²) >= 11 is 0. The van der Waals surface area contributed by atoms with Crippen molar-refractivity contribution in [2.75, 3.05) is 99.1 Å². The summed E-state index contributed by atoms with van der Waals surface area (Å²) < 4.78 is 159. The second kappa shape index (κ2) is 47.8. The van der Waals surface area contributed by atoms with Crippen molar-refractivity contribution >= 4 is 29.8 Å². The zero-order valence-electron chi connectivity index (χ0n) is 70.6. The van der Waals surface area contributed by atoms with Crippen LogP contribution in [0.5, 0.6) is 0 Å². The Hall–Kier alpha value is -6.09. The van der Waals surface area contributed by atoms with Crippen molar-refractivity contribution in [2.45, 2.75) is 257 Å². The SMILES string of the molecule is C=CCOCC1O[C@@H](O[C@@H]2[C@@H](OCC=C)[C@H](OC(=O)C(C)(C)C)[C@H](O[C@H]3C(COCC=C)O[C@@H](O)[C@@H](OC(=O)C(C)(C)C)[C@@H]3OCC=C)O[C@@H]2COCC=C)[C@@H](OC(=O)C(C)(C)C)[C@H](OCC=C)[C@H]1O[C@H]1O[C@@H](COCC=C)[C@@H](O[C@H]2O[C@@H](COCC=C)[C@@H](O)[C@H](OCC=C)[C@H]2OC(=O)C(C)(C)C)[C@H](OCC=C)[C@H]1OC(=O)C(C)(C)C. The van der Waals surface area contributed by atoms with Crippen LogP contribution < -0.4 is 0 Å². The molecule has 5 rings (SSSR count). The van der Waals surface area contributed by atoms with Crippen molar-refractivity contribution in [3.05, 3.63) is 127 Å². The number of aliphatic hydroxyl groups excluding tert-OH is 2. The van der Waals surface area contributed by atoms with E-state index < -0.39 is 217 Å². The van der Waals surface area contributed by atoms with Crippen LogP contribution in [0.15, 0.2) is 127 Å². The van der Waals surface area contributed by atoms with Crippen LogP contribution >= 0.6 is 0 Å². The highest BCUT2D eigenvalue weighted by molar-refractivity contribution is 5.77. The molecule has 0 aromatic rings. The molecule has 0 spiro atoms. The van der Waals surface area contributed by atoms with Crippen molar-refractivity contribution in [3.63, 3.8) is 0 Å². The third kappa shape index (κ3) is 29.4. The van der Waals surface area contributed by atoms with Gasteiger partial charge in [-0.05, 0) is 104 Å². The van der Waals surface area contributed by atoms with Gasteiger partial charge in [-0.15, -0.1) is 65.8 Å². The first-order valence-corrected chi connectivity index (χ1v) is 39.1. The average molecular weight is 1650 g/mol. The lowest BCUT2D eigenvalue weighted by molar-refractivity contribution is -0.398. The summed E-state index contributed by atoms with van der Waals surface area (Å²) in [4.78, 5) is 72.6. The Balaban J connectivity index is 1.83. The molecule has 5 heterocycles. The van der Waals surface area contributed by atoms with E-state index >= 15 is 4.79 Å². The summed E-state index contributed by atoms with van der Waals surface area (Å²) in [6.45, 7) is 60.1. The Kier molecular flexibility index (Phi) is 41.4. The molecule has 0 saturated carbocycles. The molecule has 0 aliphatic carbocycles. The minimum Gasteiger partial charge on any atom is -0.454 e. The number of hydrogen-bond donors (Lipinski definition) is 2. The van der Waals surface area contributed by atoms with Crippen LogP contribution in [0.1, 0.15) is 104 Å². The number of esters is 5. The van der Waals surface area contributed by atoms with Crippen LogP contribution in [0.3, 0.4) is 0 Å². The van der Waals surface area contributed by atoms with Crippen molar-refractivity contribution in [3.8, 4) is 0 Å². The topological polar surface area (TPSA) is 347 Å². The summed E-state index contributed by atoms with van der Waals surface area (Å²) in [5, 5.41) is 23.9. The molecule has 0 radical (unpaired) electrons. The predicted octanol–water partition coefficient (Wildman–Crippen LogP) is 8.16. The minimum atomic E-state index is -1.83. The lowest BCUT2D eigenvalue weighted by Crippen LogP contribution is -2.70. The lowest BCUT2D eigenvalue weighted by atomic mass is 9.93. The van der Waals surface area contributed by atoms with E-state index in [0.717, 1.165) is 0 Å². The first-order chi connectivity index (χ1) is 54.7. The van der Waals surface area contributed by atoms with E-state index in [2.05, 4.69) is 65.8 Å². The highest BCUT2D eigenvalue weighted by Crippen LogP contribution is 2.43. The van der Waals surface area contributed by atoms with Crippen LogP contribution in [0.25, 0.3) is 0 Å². The van der Waals surface area contributed by atoms with Gasteiger partial charge in [0.1, 0.15) is 91.6 Å². The third-order valence-corrected chi connectivity index (χ3v) is 18.1. The molecule has 658 valence electrons. The molecule has 31 heteroatoms. The normalized spacial score (nSPS) is 31.9. The van der Waals surface area contributed by atoms with Gasteiger partial charge in [0.15, 0.2) is 62.0 Å². The molecule has 5 aliphatic heterocycles. The van der Waals surface area contributed by atoms with Crippen molar-refractivity contribution < 1.29 is 148 Å². The average Bonchev–Trinajstić information content (AvgIpc) is 0.756. The molecule has 2 unspecified atom stereocenters. The van der Waals surface area contributed by atoms with E-state index in [9.17, 15) is 29.4 Å². The van der Waals surface area contributed by atoms with Gasteiger partial charge < -0.3 is 124 Å². The van der Waals surface area contributed by atoms with Crippen LogP contribution in [0.2, 0.25) is 0 Å². The Bertz CT molecular complexity index is 3140. The smallest absolute Gasteiger partial charge is 0.311 e. The van der Waals surface area contributed by atoms with E-state index in [-0.39, 0.29) is 92.5 Å². The summed E-state index contributed by atoms with van der Waals surface area (Å²) in [5.41, 5.74) is -5.97. The van der Waals surface area contributed by atoms with Gasteiger partial charge in [-0.2, -0.15) is 0 Å². The Morgan fingerprint density at radius 1 is 0.259 bits per heavy atom. The van der Waals surface area contributed by atoms with E-state index in [1.807, 2.05) is 0 Å². The number of ether oxygens (including phenoxy) is 24. The van der Waals surface area contributed by atoms with Crippen LogP contribution in [-0.2, 0) is 138 Å². The molecule has 0 aromatic carbocycles. The van der Waals surface area contributed by atoms with E-state index in [0.29, 0.717) is 0 Å². The Morgan fingerprint density at radius 3 is 0.681 bits per heavy atom. The van der Waals surface area contributed by atoms with Gasteiger partial charge in [0, 0.05) is 0 Å². The van der Waals surface area contributed by atoms with Gasteiger partial charge in [-0.1, -0.05) is 60.8 Å². The minimum absolute atomic E-state index is 0.0145. The molecule has 25 atom stereocenters. The number of aliphatic hydroxyl groups is 2. The number of carbonyl (C=O) groups excluding carboxylic acids is 5. The fourth-order valence-electron chi connectivity index (χ4n) is 12.1. The first kappa shape index (κ1) is 100. The number of rotatable bonds is 48. The molecule has 0 bridgehead atoms. The third-order valence-electron chi connectivity index (χ3n) is 18.1. The van der Waals surface area contributed by atoms with Crippen molar-refractivity contribution in [2.24, 2.45) is 27.1 Å². The van der Waals surface area contributed by atoms with Crippen LogP contribution in [-0.4, -0.2) is 293 Å². The molecule has 31 nitrogen and oxygen atoms in total. The van der Waals surface area contributed by atoms with E-state index in [1.165, 1.54) is 60.8 Å². The molecule has 5 saturated heterocycles. The summed E-state index contributed by atoms with van der Waals surface area (Å²) in [5.74, 6) is -3.85. The summed E-state index contributed by atoms with van der Waals surface area (Å²) in [6, 6.07) is 0. The zero-order valence-corrected chi connectivity index (χ0v) is 70.6. The van der Waals surface area contributed by atoms with Crippen LogP contribution in [0, 0.1) is 27.1 Å². The predicted molar refractivity (Wildman–Crippen MR) is 422 cm³/mol. The van der Waals surface area contributed by atoms with E-state index in [1.54, 1.807) is 104 Å². The maximum absolute atomic E-state index is 15.0. The number of carbonyl (C=O) groups is 5. The second-order valence-electron chi connectivity index (χ2n) is 33.3. The molecule has 116 heavy (non-hydrogen) atoms. The van der Waals surface area contributed by atoms with Gasteiger partial charge in [0.05, 0.1) is 126 Å². The molecule has 0 aromatic heterocycles. The molecule has 5 aliphatic rings. The largest absolute Gasteiger partial charge is 0.454 e. The maximum Gasteiger partial charge on any atom is 0.311 e. The molecule has 0 amide bonds. The summed E-state index contributed by atoms with van der Waals surface area (Å²) in [6.07, 6.45) is -24.0. The maximum atomic E-state index is 15.0. The highest BCUT2D eigenvalue weighted by atomic mass is 16.8. The molecular formula is C85H132O31. The fraction of sp³-hybridized carbons (Fsp3) is 0.706. The summed E-state index contributed by atoms with van der Waals surface area (Å²) in [7, 11) is 0. The molecule has 2 N–H and O–H groups in total.